The Labute approximate surface area is 256 Å². The van der Waals surface area contributed by atoms with Gasteiger partial charge in [-0.1, -0.05) is 49.9 Å². The summed E-state index contributed by atoms with van der Waals surface area (Å²) in [7, 11) is 0. The van der Waals surface area contributed by atoms with E-state index in [9.17, 15) is 9.59 Å². The number of unbranched alkanes of at least 4 members (excludes halogenated alkanes) is 5. The molecule has 0 aliphatic rings. The maximum atomic E-state index is 12.4. The predicted molar refractivity (Wildman–Crippen MR) is 177 cm³/mol. The molecule has 6 rings (SSSR count). The topological polar surface area (TPSA) is 116 Å². The number of fused-ring (bicyclic) bond motifs is 2. The van der Waals surface area contributed by atoms with Crippen LogP contribution < -0.4 is 10.6 Å². The molecule has 0 saturated heterocycles. The average molecular weight is 585 g/mol. The molecule has 2 heterocycles. The van der Waals surface area contributed by atoms with Crippen molar-refractivity contribution >= 4 is 45.3 Å². The molecule has 0 aliphatic carbocycles. The molecule has 0 fully saturated rings. The van der Waals surface area contributed by atoms with Crippen LogP contribution in [0.15, 0.2) is 97.1 Å². The number of hydrogen-bond acceptors (Lipinski definition) is 4. The van der Waals surface area contributed by atoms with Crippen LogP contribution >= 0.6 is 0 Å². The van der Waals surface area contributed by atoms with Crippen molar-refractivity contribution in [1.29, 1.82) is 0 Å². The molecule has 0 saturated carbocycles. The van der Waals surface area contributed by atoms with Crippen LogP contribution in [0.3, 0.4) is 0 Å². The number of nitrogens with zero attached hydrogens (tertiary/aromatic N) is 2. The smallest absolute Gasteiger partial charge is 0.224 e. The zero-order chi connectivity index (χ0) is 30.1. The maximum Gasteiger partial charge on any atom is 0.224 e. The van der Waals surface area contributed by atoms with E-state index in [1.165, 1.54) is 0 Å². The number of benzene rings is 4. The number of carbonyl (C=O) groups excluding carboxylic acids is 2. The van der Waals surface area contributed by atoms with Crippen molar-refractivity contribution in [3.63, 3.8) is 0 Å². The second-order valence-electron chi connectivity index (χ2n) is 11.1. The Hall–Kier alpha value is -5.24. The molecular formula is C36H36N6O2. The summed E-state index contributed by atoms with van der Waals surface area (Å²) in [5.74, 6) is 1.69. The lowest BCUT2D eigenvalue weighted by Crippen LogP contribution is -2.11. The van der Waals surface area contributed by atoms with Gasteiger partial charge in [0.15, 0.2) is 0 Å². The zero-order valence-corrected chi connectivity index (χ0v) is 24.6. The minimum absolute atomic E-state index is 0.0313. The van der Waals surface area contributed by atoms with Gasteiger partial charge < -0.3 is 20.6 Å². The summed E-state index contributed by atoms with van der Waals surface area (Å²) in [5, 5.41) is 5.98. The number of hydrogen-bond donors (Lipinski definition) is 4. The van der Waals surface area contributed by atoms with Gasteiger partial charge in [-0.25, -0.2) is 9.97 Å². The lowest BCUT2D eigenvalue weighted by atomic mass is 10.1. The molecule has 222 valence electrons. The summed E-state index contributed by atoms with van der Waals surface area (Å²) in [5.41, 5.74) is 7.40. The molecule has 2 aromatic heterocycles. The number of imidazole rings is 2. The van der Waals surface area contributed by atoms with Gasteiger partial charge in [0.05, 0.1) is 22.1 Å². The van der Waals surface area contributed by atoms with Gasteiger partial charge >= 0.3 is 0 Å². The van der Waals surface area contributed by atoms with Crippen LogP contribution in [0, 0.1) is 0 Å². The van der Waals surface area contributed by atoms with E-state index in [1.807, 2.05) is 97.1 Å². The second kappa shape index (κ2) is 13.8. The first-order chi connectivity index (χ1) is 21.6. The van der Waals surface area contributed by atoms with E-state index in [0.29, 0.717) is 12.8 Å². The van der Waals surface area contributed by atoms with Crippen molar-refractivity contribution in [3.05, 3.63) is 97.1 Å². The summed E-state index contributed by atoms with van der Waals surface area (Å²) in [4.78, 5) is 40.7. The van der Waals surface area contributed by atoms with Crippen LogP contribution in [-0.2, 0) is 9.59 Å². The van der Waals surface area contributed by atoms with Crippen molar-refractivity contribution in [2.45, 2.75) is 51.4 Å². The van der Waals surface area contributed by atoms with Gasteiger partial charge in [0.1, 0.15) is 11.6 Å². The summed E-state index contributed by atoms with van der Waals surface area (Å²) in [6.45, 7) is 0. The molecule has 8 heteroatoms. The lowest BCUT2D eigenvalue weighted by molar-refractivity contribution is -0.117. The van der Waals surface area contributed by atoms with Crippen LogP contribution in [0.4, 0.5) is 11.4 Å². The fourth-order valence-electron chi connectivity index (χ4n) is 5.33. The van der Waals surface area contributed by atoms with E-state index in [2.05, 4.69) is 30.6 Å². The number of aromatic nitrogens is 4. The average Bonchev–Trinajstić information content (AvgIpc) is 3.68. The van der Waals surface area contributed by atoms with Gasteiger partial charge in [-0.3, -0.25) is 9.59 Å². The highest BCUT2D eigenvalue weighted by Gasteiger charge is 2.08. The molecule has 0 bridgehead atoms. The molecule has 8 nitrogen and oxygen atoms in total. The second-order valence-corrected chi connectivity index (χ2v) is 11.1. The molecule has 0 unspecified atom stereocenters. The first-order valence-corrected chi connectivity index (χ1v) is 15.3. The molecule has 0 radical (unpaired) electrons. The number of amides is 2. The highest BCUT2D eigenvalue weighted by atomic mass is 16.2. The Morgan fingerprint density at radius 1 is 0.500 bits per heavy atom. The van der Waals surface area contributed by atoms with Crippen LogP contribution in [0.5, 0.6) is 0 Å². The zero-order valence-electron chi connectivity index (χ0n) is 24.6. The summed E-state index contributed by atoms with van der Waals surface area (Å²) in [6, 6.07) is 31.4. The van der Waals surface area contributed by atoms with E-state index >= 15 is 0 Å². The maximum absolute atomic E-state index is 12.4. The van der Waals surface area contributed by atoms with E-state index in [-0.39, 0.29) is 11.8 Å². The van der Waals surface area contributed by atoms with E-state index in [1.54, 1.807) is 0 Å². The Balaban J connectivity index is 0.827. The monoisotopic (exact) mass is 584 g/mol. The minimum atomic E-state index is 0.0313. The number of anilines is 2. The first kappa shape index (κ1) is 28.9. The van der Waals surface area contributed by atoms with Gasteiger partial charge in [-0.05, 0) is 85.6 Å². The number of rotatable bonds is 13. The highest BCUT2D eigenvalue weighted by molar-refractivity contribution is 5.91. The SMILES string of the molecule is O=C(CCCCCCCCC(=O)Nc1ccc(-c2nc3ccccc3[nH]2)cc1)Nc1ccc(-c2nc3ccccc3[nH]2)cc1. The van der Waals surface area contributed by atoms with Crippen molar-refractivity contribution in [1.82, 2.24) is 19.9 Å². The predicted octanol–water partition coefficient (Wildman–Crippen LogP) is 8.47. The summed E-state index contributed by atoms with van der Waals surface area (Å²) in [6.07, 6.45) is 6.84. The van der Waals surface area contributed by atoms with E-state index in [4.69, 9.17) is 0 Å². The Kier molecular flexibility index (Phi) is 9.07. The van der Waals surface area contributed by atoms with Crippen molar-refractivity contribution in [2.24, 2.45) is 0 Å². The third-order valence-corrected chi connectivity index (χ3v) is 7.72. The normalized spacial score (nSPS) is 11.2. The Bertz CT molecular complexity index is 1650. The highest BCUT2D eigenvalue weighted by Crippen LogP contribution is 2.24. The fourth-order valence-corrected chi connectivity index (χ4v) is 5.33. The first-order valence-electron chi connectivity index (χ1n) is 15.3. The third-order valence-electron chi connectivity index (χ3n) is 7.72. The molecule has 4 N–H and O–H groups in total. The molecule has 2 amide bonds. The molecule has 0 aliphatic heterocycles. The van der Waals surface area contributed by atoms with Gasteiger partial charge in [0, 0.05) is 35.3 Å². The van der Waals surface area contributed by atoms with Crippen LogP contribution in [0.1, 0.15) is 51.4 Å². The Morgan fingerprint density at radius 2 is 0.886 bits per heavy atom. The van der Waals surface area contributed by atoms with Crippen LogP contribution in [0.2, 0.25) is 0 Å². The molecule has 0 spiro atoms. The van der Waals surface area contributed by atoms with E-state index in [0.717, 1.165) is 94.7 Å². The number of para-hydroxylation sites is 4. The lowest BCUT2D eigenvalue weighted by Gasteiger charge is -2.07. The van der Waals surface area contributed by atoms with Gasteiger partial charge in [0.25, 0.3) is 0 Å². The number of H-pyrrole nitrogens is 2. The van der Waals surface area contributed by atoms with Gasteiger partial charge in [-0.2, -0.15) is 0 Å². The molecular weight excluding hydrogens is 548 g/mol. The van der Waals surface area contributed by atoms with Crippen molar-refractivity contribution < 1.29 is 9.59 Å². The van der Waals surface area contributed by atoms with Crippen molar-refractivity contribution in [3.8, 4) is 22.8 Å². The quantitative estimate of drug-likeness (QED) is 0.102. The molecule has 44 heavy (non-hydrogen) atoms. The minimum Gasteiger partial charge on any atom is -0.338 e. The Morgan fingerprint density at radius 3 is 1.30 bits per heavy atom. The molecule has 6 aromatic rings. The van der Waals surface area contributed by atoms with Crippen molar-refractivity contribution in [2.75, 3.05) is 10.6 Å². The third kappa shape index (κ3) is 7.39. The van der Waals surface area contributed by atoms with Gasteiger partial charge in [0.2, 0.25) is 11.8 Å². The summed E-state index contributed by atoms with van der Waals surface area (Å²) < 4.78 is 0. The largest absolute Gasteiger partial charge is 0.338 e. The van der Waals surface area contributed by atoms with E-state index < -0.39 is 0 Å². The number of aromatic amines is 2. The number of carbonyl (C=O) groups is 2. The van der Waals surface area contributed by atoms with Crippen LogP contribution in [-0.4, -0.2) is 31.8 Å². The standard InChI is InChI=1S/C36H36N6O2/c43-33(37-27-21-17-25(18-22-27)35-39-29-11-7-8-12-30(29)40-35)15-5-3-1-2-4-6-16-34(44)38-28-23-19-26(20-24-28)36-41-31-13-9-10-14-32(31)42-36/h7-14,17-24H,1-6,15-16H2,(H,37,43)(H,38,44)(H,39,40)(H,41,42). The van der Waals surface area contributed by atoms with Crippen LogP contribution in [0.25, 0.3) is 44.8 Å². The molecule has 4 aromatic carbocycles. The fraction of sp³-hybridized carbons (Fsp3) is 0.222. The van der Waals surface area contributed by atoms with Gasteiger partial charge in [-0.15, -0.1) is 0 Å². The number of nitrogens with one attached hydrogen (secondary N) is 4. The molecule has 0 atom stereocenters. The summed E-state index contributed by atoms with van der Waals surface area (Å²) >= 11 is 0.